The SMILES string of the molecule is Nc1ccccc1CS(=O)(=O)Nc1ccc2ncsc2c1. The summed E-state index contributed by atoms with van der Waals surface area (Å²) >= 11 is 1.47. The van der Waals surface area contributed by atoms with Gasteiger partial charge in [0.2, 0.25) is 10.0 Å². The third-order valence-corrected chi connectivity index (χ3v) is 5.03. The molecule has 0 unspecified atom stereocenters. The van der Waals surface area contributed by atoms with Crippen molar-refractivity contribution in [3.05, 3.63) is 53.5 Å². The van der Waals surface area contributed by atoms with Gasteiger partial charge in [0.25, 0.3) is 0 Å². The number of nitrogen functional groups attached to an aromatic ring is 1. The van der Waals surface area contributed by atoms with Crippen molar-refractivity contribution in [3.63, 3.8) is 0 Å². The summed E-state index contributed by atoms with van der Waals surface area (Å²) in [5, 5.41) is 0. The molecule has 0 atom stereocenters. The van der Waals surface area contributed by atoms with Crippen LogP contribution in [0.25, 0.3) is 10.2 Å². The summed E-state index contributed by atoms with van der Waals surface area (Å²) < 4.78 is 27.9. The van der Waals surface area contributed by atoms with Crippen LogP contribution in [0.5, 0.6) is 0 Å². The van der Waals surface area contributed by atoms with Crippen molar-refractivity contribution in [2.45, 2.75) is 5.75 Å². The third-order valence-electron chi connectivity index (χ3n) is 3.01. The van der Waals surface area contributed by atoms with Gasteiger partial charge in [-0.05, 0) is 29.8 Å². The molecule has 0 spiro atoms. The number of hydrogen-bond acceptors (Lipinski definition) is 5. The van der Waals surface area contributed by atoms with Crippen LogP contribution >= 0.6 is 11.3 Å². The van der Waals surface area contributed by atoms with Crippen molar-refractivity contribution >= 4 is 43.0 Å². The van der Waals surface area contributed by atoms with Crippen molar-refractivity contribution in [2.75, 3.05) is 10.5 Å². The zero-order valence-corrected chi connectivity index (χ0v) is 12.6. The van der Waals surface area contributed by atoms with Gasteiger partial charge in [-0.25, -0.2) is 13.4 Å². The summed E-state index contributed by atoms with van der Waals surface area (Å²) in [6.07, 6.45) is 0. The fourth-order valence-electron chi connectivity index (χ4n) is 2.00. The number of rotatable bonds is 4. The molecule has 108 valence electrons. The van der Waals surface area contributed by atoms with Gasteiger partial charge in [0.15, 0.2) is 0 Å². The van der Waals surface area contributed by atoms with E-state index in [4.69, 9.17) is 5.73 Å². The lowest BCUT2D eigenvalue weighted by atomic mass is 10.2. The van der Waals surface area contributed by atoms with Gasteiger partial charge in [-0.2, -0.15) is 0 Å². The van der Waals surface area contributed by atoms with E-state index in [9.17, 15) is 8.42 Å². The maximum absolute atomic E-state index is 12.2. The molecule has 0 aliphatic carbocycles. The van der Waals surface area contributed by atoms with Crippen molar-refractivity contribution in [1.29, 1.82) is 0 Å². The molecule has 7 heteroatoms. The minimum atomic E-state index is -3.51. The van der Waals surface area contributed by atoms with Gasteiger partial charge in [0.1, 0.15) is 0 Å². The first-order valence-electron chi connectivity index (χ1n) is 6.21. The Morgan fingerprint density at radius 1 is 1.19 bits per heavy atom. The Balaban J connectivity index is 1.84. The quantitative estimate of drug-likeness (QED) is 0.724. The molecule has 1 heterocycles. The monoisotopic (exact) mass is 319 g/mol. The molecule has 0 saturated carbocycles. The molecule has 2 aromatic carbocycles. The number of benzene rings is 2. The highest BCUT2D eigenvalue weighted by atomic mass is 32.2. The van der Waals surface area contributed by atoms with Gasteiger partial charge in [0.05, 0.1) is 27.2 Å². The highest BCUT2D eigenvalue weighted by Crippen LogP contribution is 2.23. The molecule has 1 aromatic heterocycles. The van der Waals surface area contributed by atoms with Crippen LogP contribution in [0.3, 0.4) is 0 Å². The Bertz CT molecular complexity index is 888. The van der Waals surface area contributed by atoms with E-state index in [0.717, 1.165) is 10.2 Å². The number of nitrogens with two attached hydrogens (primary N) is 1. The van der Waals surface area contributed by atoms with Crippen LogP contribution in [0.4, 0.5) is 11.4 Å². The maximum Gasteiger partial charge on any atom is 0.236 e. The number of nitrogens with zero attached hydrogens (tertiary/aromatic N) is 1. The minimum absolute atomic E-state index is 0.152. The van der Waals surface area contributed by atoms with Crippen LogP contribution in [0.1, 0.15) is 5.56 Å². The zero-order chi connectivity index (χ0) is 14.9. The Hall–Kier alpha value is -2.12. The molecule has 3 aromatic rings. The van der Waals surface area contributed by atoms with Gasteiger partial charge in [0, 0.05) is 5.69 Å². The molecule has 3 N–H and O–H groups in total. The lowest BCUT2D eigenvalue weighted by Crippen LogP contribution is -2.15. The topological polar surface area (TPSA) is 85.1 Å². The van der Waals surface area contributed by atoms with E-state index in [2.05, 4.69) is 9.71 Å². The third kappa shape index (κ3) is 3.14. The lowest BCUT2D eigenvalue weighted by Gasteiger charge is -2.09. The molecule has 0 aliphatic rings. The normalized spacial score (nSPS) is 11.6. The van der Waals surface area contributed by atoms with Crippen LogP contribution in [-0.4, -0.2) is 13.4 Å². The molecular formula is C14H13N3O2S2. The van der Waals surface area contributed by atoms with E-state index in [1.807, 2.05) is 0 Å². The average Bonchev–Trinajstić information content (AvgIpc) is 2.88. The number of aromatic nitrogens is 1. The van der Waals surface area contributed by atoms with E-state index in [-0.39, 0.29) is 5.75 Å². The molecule has 0 bridgehead atoms. The maximum atomic E-state index is 12.2. The van der Waals surface area contributed by atoms with Gasteiger partial charge in [-0.3, -0.25) is 4.72 Å². The smallest absolute Gasteiger partial charge is 0.236 e. The number of para-hydroxylation sites is 1. The first kappa shape index (κ1) is 13.8. The number of nitrogens with one attached hydrogen (secondary N) is 1. The summed E-state index contributed by atoms with van der Waals surface area (Å²) in [6, 6.07) is 12.2. The summed E-state index contributed by atoms with van der Waals surface area (Å²) in [6.45, 7) is 0. The standard InChI is InChI=1S/C14H13N3O2S2/c15-12-4-2-1-3-10(12)8-21(18,19)17-11-5-6-13-14(7-11)20-9-16-13/h1-7,9,17H,8,15H2. The lowest BCUT2D eigenvalue weighted by molar-refractivity contribution is 0.600. The first-order valence-corrected chi connectivity index (χ1v) is 8.74. The molecule has 0 radical (unpaired) electrons. The summed E-state index contributed by atoms with van der Waals surface area (Å²) in [5.41, 5.74) is 9.96. The predicted molar refractivity (Wildman–Crippen MR) is 86.7 cm³/mol. The zero-order valence-electron chi connectivity index (χ0n) is 11.0. The molecule has 0 fully saturated rings. The number of anilines is 2. The molecule has 5 nitrogen and oxygen atoms in total. The first-order chi connectivity index (χ1) is 10.0. The fourth-order valence-corrected chi connectivity index (χ4v) is 3.95. The molecule has 3 rings (SSSR count). The van der Waals surface area contributed by atoms with Gasteiger partial charge in [-0.1, -0.05) is 18.2 Å². The van der Waals surface area contributed by atoms with Gasteiger partial charge >= 0.3 is 0 Å². The molecule has 21 heavy (non-hydrogen) atoms. The molecular weight excluding hydrogens is 306 g/mol. The second kappa shape index (κ2) is 5.34. The second-order valence-electron chi connectivity index (χ2n) is 4.59. The second-order valence-corrected chi connectivity index (χ2v) is 7.20. The fraction of sp³-hybridized carbons (Fsp3) is 0.0714. The summed E-state index contributed by atoms with van der Waals surface area (Å²) in [7, 11) is -3.51. The Kier molecular flexibility index (Phi) is 3.52. The molecule has 0 aliphatic heterocycles. The van der Waals surface area contributed by atoms with E-state index in [1.54, 1.807) is 48.0 Å². The van der Waals surface area contributed by atoms with Gasteiger partial charge in [-0.15, -0.1) is 11.3 Å². The number of thiazole rings is 1. The van der Waals surface area contributed by atoms with Crippen LogP contribution in [0.15, 0.2) is 48.0 Å². The van der Waals surface area contributed by atoms with Crippen LogP contribution in [0, 0.1) is 0 Å². The van der Waals surface area contributed by atoms with E-state index >= 15 is 0 Å². The van der Waals surface area contributed by atoms with Crippen LogP contribution < -0.4 is 10.5 Å². The van der Waals surface area contributed by atoms with Crippen molar-refractivity contribution < 1.29 is 8.42 Å². The van der Waals surface area contributed by atoms with Crippen LogP contribution in [-0.2, 0) is 15.8 Å². The van der Waals surface area contributed by atoms with Crippen molar-refractivity contribution in [3.8, 4) is 0 Å². The van der Waals surface area contributed by atoms with Crippen molar-refractivity contribution in [2.24, 2.45) is 0 Å². The van der Waals surface area contributed by atoms with E-state index < -0.39 is 10.0 Å². The average molecular weight is 319 g/mol. The predicted octanol–water partition coefficient (Wildman–Crippen LogP) is 2.82. The largest absolute Gasteiger partial charge is 0.398 e. The molecule has 0 saturated heterocycles. The van der Waals surface area contributed by atoms with Crippen LogP contribution in [0.2, 0.25) is 0 Å². The Labute approximate surface area is 126 Å². The Morgan fingerprint density at radius 3 is 2.81 bits per heavy atom. The molecule has 0 amide bonds. The minimum Gasteiger partial charge on any atom is -0.398 e. The van der Waals surface area contributed by atoms with Gasteiger partial charge < -0.3 is 5.73 Å². The summed E-state index contributed by atoms with van der Waals surface area (Å²) in [4.78, 5) is 4.16. The van der Waals surface area contributed by atoms with Crippen molar-refractivity contribution in [1.82, 2.24) is 4.98 Å². The van der Waals surface area contributed by atoms with E-state index in [1.165, 1.54) is 11.3 Å². The highest BCUT2D eigenvalue weighted by Gasteiger charge is 2.14. The highest BCUT2D eigenvalue weighted by molar-refractivity contribution is 7.91. The number of hydrogen-bond donors (Lipinski definition) is 2. The number of sulfonamides is 1. The van der Waals surface area contributed by atoms with E-state index in [0.29, 0.717) is 16.9 Å². The Morgan fingerprint density at radius 2 is 2.00 bits per heavy atom. The summed E-state index contributed by atoms with van der Waals surface area (Å²) in [5.74, 6) is -0.152. The number of fused-ring (bicyclic) bond motifs is 1.